The zero-order chi connectivity index (χ0) is 24.1. The maximum Gasteiger partial charge on any atom is 0.303 e. The van der Waals surface area contributed by atoms with E-state index in [9.17, 15) is 18.8 Å². The molecule has 33 heavy (non-hydrogen) atoms. The Bertz CT molecular complexity index is 915. The van der Waals surface area contributed by atoms with Gasteiger partial charge in [-0.15, -0.1) is 0 Å². The van der Waals surface area contributed by atoms with Crippen molar-refractivity contribution in [3.05, 3.63) is 41.8 Å². The number of rotatable bonds is 15. The number of carboxylic acid groups (broad SMARTS) is 1. The van der Waals surface area contributed by atoms with Gasteiger partial charge in [0.2, 0.25) is 0 Å². The minimum Gasteiger partial charge on any atom is -0.481 e. The number of aliphatic carboxylic acids is 1. The average molecular weight is 478 g/mol. The topological polar surface area (TPSA) is 101 Å². The first-order valence-corrected chi connectivity index (χ1v) is 12.3. The van der Waals surface area contributed by atoms with E-state index in [1.165, 1.54) is 23.9 Å². The van der Waals surface area contributed by atoms with Crippen LogP contribution in [0.2, 0.25) is 0 Å². The van der Waals surface area contributed by atoms with Gasteiger partial charge < -0.3 is 10.4 Å². The number of benzene rings is 1. The number of aromatic nitrogens is 2. The van der Waals surface area contributed by atoms with Gasteiger partial charge in [0, 0.05) is 37.8 Å². The molecular formula is C24H32FN3O4S. The van der Waals surface area contributed by atoms with E-state index in [2.05, 4.69) is 10.4 Å². The molecule has 0 saturated carbocycles. The van der Waals surface area contributed by atoms with Crippen LogP contribution in [-0.4, -0.2) is 44.2 Å². The fourth-order valence-corrected chi connectivity index (χ4v) is 3.99. The highest BCUT2D eigenvalue weighted by molar-refractivity contribution is 8.13. The van der Waals surface area contributed by atoms with Crippen molar-refractivity contribution < 1.29 is 23.9 Å². The van der Waals surface area contributed by atoms with Crippen molar-refractivity contribution in [2.75, 3.05) is 12.3 Å². The van der Waals surface area contributed by atoms with E-state index in [-0.39, 0.29) is 23.3 Å². The highest BCUT2D eigenvalue weighted by atomic mass is 32.2. The lowest BCUT2D eigenvalue weighted by molar-refractivity contribution is -0.137. The number of carboxylic acids is 1. The van der Waals surface area contributed by atoms with E-state index < -0.39 is 5.97 Å². The van der Waals surface area contributed by atoms with Crippen LogP contribution >= 0.6 is 11.8 Å². The van der Waals surface area contributed by atoms with Gasteiger partial charge in [0.15, 0.2) is 10.8 Å². The van der Waals surface area contributed by atoms with Crippen molar-refractivity contribution in [2.45, 2.75) is 64.8 Å². The molecule has 0 spiro atoms. The first-order valence-electron chi connectivity index (χ1n) is 11.3. The maximum atomic E-state index is 13.3. The number of halogens is 1. The third-order valence-electron chi connectivity index (χ3n) is 5.08. The average Bonchev–Trinajstić information content (AvgIpc) is 3.19. The van der Waals surface area contributed by atoms with Gasteiger partial charge >= 0.3 is 5.97 Å². The van der Waals surface area contributed by atoms with Gasteiger partial charge in [-0.1, -0.05) is 31.0 Å². The van der Waals surface area contributed by atoms with Gasteiger partial charge in [0.1, 0.15) is 5.82 Å². The largest absolute Gasteiger partial charge is 0.481 e. The first-order chi connectivity index (χ1) is 15.9. The Hall–Kier alpha value is -2.68. The third-order valence-corrected chi connectivity index (χ3v) is 5.97. The molecule has 0 radical (unpaired) electrons. The van der Waals surface area contributed by atoms with Crippen LogP contribution in [0.5, 0.6) is 0 Å². The molecular weight excluding hydrogens is 445 g/mol. The molecule has 0 fully saturated rings. The molecule has 7 nitrogen and oxygen atoms in total. The number of hydrogen-bond donors (Lipinski definition) is 2. The molecule has 2 aromatic rings. The second-order valence-corrected chi connectivity index (χ2v) is 9.13. The predicted octanol–water partition coefficient (Wildman–Crippen LogP) is 4.90. The van der Waals surface area contributed by atoms with Gasteiger partial charge in [-0.05, 0) is 56.0 Å². The Morgan fingerprint density at radius 3 is 2.42 bits per heavy atom. The second-order valence-electron chi connectivity index (χ2n) is 7.86. The number of hydrogen-bond acceptors (Lipinski definition) is 5. The lowest BCUT2D eigenvalue weighted by atomic mass is 10.1. The monoisotopic (exact) mass is 477 g/mol. The summed E-state index contributed by atoms with van der Waals surface area (Å²) in [5.41, 5.74) is 1.79. The molecule has 0 aliphatic carbocycles. The lowest BCUT2D eigenvalue weighted by Crippen LogP contribution is -2.25. The molecule has 1 amide bonds. The van der Waals surface area contributed by atoms with Crippen molar-refractivity contribution in [2.24, 2.45) is 0 Å². The van der Waals surface area contributed by atoms with Crippen molar-refractivity contribution in [1.82, 2.24) is 15.1 Å². The minimum absolute atomic E-state index is 0.132. The summed E-state index contributed by atoms with van der Waals surface area (Å²) >= 11 is 1.34. The molecule has 0 bridgehead atoms. The Balaban J connectivity index is 1.90. The smallest absolute Gasteiger partial charge is 0.303 e. The predicted molar refractivity (Wildman–Crippen MR) is 128 cm³/mol. The van der Waals surface area contributed by atoms with Crippen LogP contribution in [0.3, 0.4) is 0 Å². The summed E-state index contributed by atoms with van der Waals surface area (Å²) in [6.07, 6.45) is 6.01. The van der Waals surface area contributed by atoms with Crippen molar-refractivity contribution in [3.8, 4) is 11.3 Å². The molecule has 1 aromatic carbocycles. The number of carbonyl (C=O) groups excluding carboxylic acids is 2. The summed E-state index contributed by atoms with van der Waals surface area (Å²) in [7, 11) is 0. The Labute approximate surface area is 198 Å². The molecule has 0 aliphatic heterocycles. The zero-order valence-electron chi connectivity index (χ0n) is 19.0. The van der Waals surface area contributed by atoms with Crippen LogP contribution < -0.4 is 5.32 Å². The zero-order valence-corrected chi connectivity index (χ0v) is 19.8. The Morgan fingerprint density at radius 2 is 1.73 bits per heavy atom. The van der Waals surface area contributed by atoms with Gasteiger partial charge in [-0.3, -0.25) is 19.1 Å². The summed E-state index contributed by atoms with van der Waals surface area (Å²) < 4.78 is 15.1. The molecule has 1 aromatic heterocycles. The molecule has 180 valence electrons. The first kappa shape index (κ1) is 26.6. The van der Waals surface area contributed by atoms with Crippen LogP contribution in [0.25, 0.3) is 11.3 Å². The van der Waals surface area contributed by atoms with Crippen LogP contribution in [0, 0.1) is 5.82 Å². The molecule has 2 N–H and O–H groups in total. The third kappa shape index (κ3) is 10.2. The van der Waals surface area contributed by atoms with Crippen molar-refractivity contribution in [1.29, 1.82) is 0 Å². The standard InChI is InChI=1S/C24H32FN3O4S/c1-18(29)33-16-8-3-2-6-14-26-24(32)21-17-22(19-10-12-20(25)13-11-19)28(27-21)15-7-4-5-9-23(30)31/h10-13,17H,2-9,14-16H2,1H3,(H,26,32)(H,30,31). The molecule has 0 unspecified atom stereocenters. The van der Waals surface area contributed by atoms with E-state index in [1.54, 1.807) is 29.8 Å². The van der Waals surface area contributed by atoms with E-state index in [0.29, 0.717) is 25.2 Å². The van der Waals surface area contributed by atoms with Crippen molar-refractivity contribution >= 4 is 28.8 Å². The number of thioether (sulfide) groups is 1. The molecule has 1 heterocycles. The van der Waals surface area contributed by atoms with Crippen LogP contribution in [-0.2, 0) is 16.1 Å². The molecule has 0 atom stereocenters. The molecule has 0 aliphatic rings. The number of unbranched alkanes of at least 4 members (excludes halogenated alkanes) is 5. The van der Waals surface area contributed by atoms with Crippen LogP contribution in [0.15, 0.2) is 30.3 Å². The van der Waals surface area contributed by atoms with Gasteiger partial charge in [0.05, 0.1) is 5.69 Å². The Kier molecular flexibility index (Phi) is 11.6. The molecule has 9 heteroatoms. The lowest BCUT2D eigenvalue weighted by Gasteiger charge is -2.07. The summed E-state index contributed by atoms with van der Waals surface area (Å²) in [4.78, 5) is 34.2. The molecule has 0 saturated heterocycles. The summed E-state index contributed by atoms with van der Waals surface area (Å²) in [5, 5.41) is 16.3. The van der Waals surface area contributed by atoms with Crippen molar-refractivity contribution in [3.63, 3.8) is 0 Å². The summed E-state index contributed by atoms with van der Waals surface area (Å²) in [6, 6.07) is 7.75. The van der Waals surface area contributed by atoms with Gasteiger partial charge in [-0.2, -0.15) is 5.10 Å². The highest BCUT2D eigenvalue weighted by Crippen LogP contribution is 2.22. The summed E-state index contributed by atoms with van der Waals surface area (Å²) in [5.74, 6) is -0.567. The number of amides is 1. The normalized spacial score (nSPS) is 10.8. The maximum absolute atomic E-state index is 13.3. The SMILES string of the molecule is CC(=O)SCCCCCCNC(=O)c1cc(-c2ccc(F)cc2)n(CCCCCC(=O)O)n1. The minimum atomic E-state index is -0.810. The van der Waals surface area contributed by atoms with E-state index in [1.807, 2.05) is 0 Å². The number of nitrogens with zero attached hydrogens (tertiary/aromatic N) is 2. The number of aryl methyl sites for hydroxylation is 1. The van der Waals surface area contributed by atoms with E-state index in [0.717, 1.165) is 55.5 Å². The fraction of sp³-hybridized carbons (Fsp3) is 0.500. The van der Waals surface area contributed by atoms with E-state index >= 15 is 0 Å². The summed E-state index contributed by atoms with van der Waals surface area (Å²) in [6.45, 7) is 2.66. The van der Waals surface area contributed by atoms with Crippen LogP contribution in [0.4, 0.5) is 4.39 Å². The van der Waals surface area contributed by atoms with Crippen LogP contribution in [0.1, 0.15) is 68.8 Å². The Morgan fingerprint density at radius 1 is 1.03 bits per heavy atom. The fourth-order valence-electron chi connectivity index (χ4n) is 3.35. The second kappa shape index (κ2) is 14.5. The number of nitrogens with one attached hydrogen (secondary N) is 1. The van der Waals surface area contributed by atoms with E-state index in [4.69, 9.17) is 5.11 Å². The number of carbonyl (C=O) groups is 3. The highest BCUT2D eigenvalue weighted by Gasteiger charge is 2.15. The van der Waals surface area contributed by atoms with Gasteiger partial charge in [0.25, 0.3) is 5.91 Å². The van der Waals surface area contributed by atoms with Gasteiger partial charge in [-0.25, -0.2) is 4.39 Å². The quantitative estimate of drug-likeness (QED) is 0.354. The molecule has 2 rings (SSSR count).